The van der Waals surface area contributed by atoms with Gasteiger partial charge in [-0.3, -0.25) is 4.79 Å². The largest absolute Gasteiger partial charge is 0.490 e. The molecule has 0 atom stereocenters. The molecule has 0 aliphatic carbocycles. The van der Waals surface area contributed by atoms with E-state index in [1.165, 1.54) is 5.01 Å². The number of hydrogen-bond acceptors (Lipinski definition) is 4. The van der Waals surface area contributed by atoms with Crippen molar-refractivity contribution in [3.8, 4) is 22.7 Å². The molecule has 36 heavy (non-hydrogen) atoms. The third-order valence-electron chi connectivity index (χ3n) is 5.95. The van der Waals surface area contributed by atoms with Crippen molar-refractivity contribution in [2.45, 2.75) is 13.8 Å². The van der Waals surface area contributed by atoms with E-state index in [1.54, 1.807) is 6.08 Å². The maximum atomic E-state index is 13.3. The van der Waals surface area contributed by atoms with Crippen molar-refractivity contribution >= 4 is 23.4 Å². The monoisotopic (exact) mass is 474 g/mol. The molecule has 2 heterocycles. The molecule has 3 aromatic carbocycles. The Morgan fingerprint density at radius 1 is 0.944 bits per heavy atom. The Morgan fingerprint density at radius 3 is 2.31 bits per heavy atom. The maximum Gasteiger partial charge on any atom is 0.280 e. The minimum Gasteiger partial charge on any atom is -0.490 e. The zero-order valence-electron chi connectivity index (χ0n) is 20.3. The smallest absolute Gasteiger partial charge is 0.280 e. The second-order valence-corrected chi connectivity index (χ2v) is 8.49. The van der Waals surface area contributed by atoms with Crippen LogP contribution in [-0.4, -0.2) is 28.0 Å². The molecule has 5 rings (SSSR count). The standard InChI is InChI=1S/C30H26N4O2/c1-4-17-36-26-15-16-27(21(2)18-26)29-23(20-33(32-29)24-11-7-5-8-12-24)19-28-22(3)31-34(30(28)35)25-13-9-6-10-14-25/h4-16,18-20H,1,17H2,2-3H3/b28-19-. The molecule has 178 valence electrons. The first kappa shape index (κ1) is 23.1. The molecule has 0 saturated heterocycles. The molecule has 0 spiro atoms. The molecule has 1 aliphatic rings. The van der Waals surface area contributed by atoms with Gasteiger partial charge >= 0.3 is 0 Å². The van der Waals surface area contributed by atoms with Crippen molar-refractivity contribution in [2.24, 2.45) is 5.10 Å². The molecule has 4 aromatic rings. The lowest BCUT2D eigenvalue weighted by atomic mass is 10.0. The summed E-state index contributed by atoms with van der Waals surface area (Å²) >= 11 is 0. The molecule has 0 radical (unpaired) electrons. The number of para-hydroxylation sites is 2. The number of carbonyl (C=O) groups is 1. The number of ether oxygens (including phenoxy) is 1. The summed E-state index contributed by atoms with van der Waals surface area (Å²) in [5, 5.41) is 10.9. The summed E-state index contributed by atoms with van der Waals surface area (Å²) in [5.74, 6) is 0.605. The van der Waals surface area contributed by atoms with Crippen molar-refractivity contribution < 1.29 is 9.53 Å². The van der Waals surface area contributed by atoms with Crippen molar-refractivity contribution in [3.05, 3.63) is 114 Å². The Hall–Kier alpha value is -4.71. The number of hydrogen-bond donors (Lipinski definition) is 0. The molecule has 0 saturated carbocycles. The van der Waals surface area contributed by atoms with Crippen LogP contribution in [0.1, 0.15) is 18.1 Å². The molecule has 0 fully saturated rings. The highest BCUT2D eigenvalue weighted by molar-refractivity contribution is 6.32. The minimum absolute atomic E-state index is 0.165. The molecule has 1 aliphatic heterocycles. The number of anilines is 1. The average molecular weight is 475 g/mol. The SMILES string of the molecule is C=CCOc1ccc(-c2nn(-c3ccccc3)cc2/C=C2\C(=O)N(c3ccccc3)N=C2C)c(C)c1. The van der Waals surface area contributed by atoms with Gasteiger partial charge in [-0.15, -0.1) is 0 Å². The molecule has 0 unspecified atom stereocenters. The number of rotatable bonds is 7. The predicted molar refractivity (Wildman–Crippen MR) is 144 cm³/mol. The van der Waals surface area contributed by atoms with E-state index in [2.05, 4.69) is 11.7 Å². The highest BCUT2D eigenvalue weighted by Crippen LogP contribution is 2.32. The number of aryl methyl sites for hydroxylation is 1. The first-order valence-corrected chi connectivity index (χ1v) is 11.7. The van der Waals surface area contributed by atoms with E-state index >= 15 is 0 Å². The van der Waals surface area contributed by atoms with Gasteiger partial charge in [0.1, 0.15) is 18.1 Å². The number of hydrazone groups is 1. The van der Waals surface area contributed by atoms with E-state index in [4.69, 9.17) is 9.84 Å². The fraction of sp³-hybridized carbons (Fsp3) is 0.100. The first-order valence-electron chi connectivity index (χ1n) is 11.7. The van der Waals surface area contributed by atoms with Gasteiger partial charge in [0.15, 0.2) is 0 Å². The summed E-state index contributed by atoms with van der Waals surface area (Å²) in [6.45, 7) is 8.03. The van der Waals surface area contributed by atoms with Crippen LogP contribution in [0.15, 0.2) is 108 Å². The Bertz CT molecular complexity index is 1480. The quantitative estimate of drug-likeness (QED) is 0.236. The summed E-state index contributed by atoms with van der Waals surface area (Å²) in [5.41, 5.74) is 6.44. The highest BCUT2D eigenvalue weighted by Gasteiger charge is 2.29. The Kier molecular flexibility index (Phi) is 6.33. The van der Waals surface area contributed by atoms with Gasteiger partial charge in [0.2, 0.25) is 0 Å². The predicted octanol–water partition coefficient (Wildman–Crippen LogP) is 6.22. The van der Waals surface area contributed by atoms with E-state index in [-0.39, 0.29) is 5.91 Å². The normalized spacial score (nSPS) is 14.3. The molecule has 1 aromatic heterocycles. The number of amides is 1. The third-order valence-corrected chi connectivity index (χ3v) is 5.95. The number of nitrogens with zero attached hydrogens (tertiary/aromatic N) is 4. The van der Waals surface area contributed by atoms with E-state index in [9.17, 15) is 4.79 Å². The van der Waals surface area contributed by atoms with Gasteiger partial charge in [0.25, 0.3) is 5.91 Å². The number of carbonyl (C=O) groups excluding carboxylic acids is 1. The molecule has 6 heteroatoms. The van der Waals surface area contributed by atoms with Crippen LogP contribution in [0.4, 0.5) is 5.69 Å². The summed E-state index contributed by atoms with van der Waals surface area (Å²) in [7, 11) is 0. The second kappa shape index (κ2) is 9.88. The van der Waals surface area contributed by atoms with Gasteiger partial charge in [0, 0.05) is 17.3 Å². The van der Waals surface area contributed by atoms with Crippen LogP contribution in [0.2, 0.25) is 0 Å². The molecular weight excluding hydrogens is 448 g/mol. The number of aromatic nitrogens is 2. The third kappa shape index (κ3) is 4.49. The van der Waals surface area contributed by atoms with Crippen LogP contribution in [-0.2, 0) is 4.79 Å². The van der Waals surface area contributed by atoms with Gasteiger partial charge < -0.3 is 4.74 Å². The first-order chi connectivity index (χ1) is 17.5. The summed E-state index contributed by atoms with van der Waals surface area (Å²) in [6.07, 6.45) is 5.55. The molecular formula is C30H26N4O2. The fourth-order valence-corrected chi connectivity index (χ4v) is 4.15. The van der Waals surface area contributed by atoms with Crippen molar-refractivity contribution in [3.63, 3.8) is 0 Å². The summed E-state index contributed by atoms with van der Waals surface area (Å²) in [4.78, 5) is 13.3. The Balaban J connectivity index is 1.59. The van der Waals surface area contributed by atoms with Gasteiger partial charge in [-0.2, -0.15) is 15.2 Å². The molecule has 0 N–H and O–H groups in total. The van der Waals surface area contributed by atoms with Crippen molar-refractivity contribution in [2.75, 3.05) is 11.6 Å². The zero-order valence-corrected chi connectivity index (χ0v) is 20.3. The zero-order chi connectivity index (χ0) is 25.1. The molecule has 0 bridgehead atoms. The Labute approximate surface area is 210 Å². The van der Waals surface area contributed by atoms with Crippen molar-refractivity contribution in [1.29, 1.82) is 0 Å². The molecule has 1 amide bonds. The summed E-state index contributed by atoms with van der Waals surface area (Å²) in [6, 6.07) is 25.3. The molecule has 6 nitrogen and oxygen atoms in total. The lowest BCUT2D eigenvalue weighted by molar-refractivity contribution is -0.114. The van der Waals surface area contributed by atoms with Crippen molar-refractivity contribution in [1.82, 2.24) is 9.78 Å². The van der Waals surface area contributed by atoms with Gasteiger partial charge in [-0.05, 0) is 68.0 Å². The fourth-order valence-electron chi connectivity index (χ4n) is 4.15. The van der Waals surface area contributed by atoms with E-state index in [0.29, 0.717) is 17.9 Å². The van der Waals surface area contributed by atoms with Gasteiger partial charge in [0.05, 0.1) is 22.7 Å². The highest BCUT2D eigenvalue weighted by atomic mass is 16.5. The van der Waals surface area contributed by atoms with E-state index in [0.717, 1.165) is 39.5 Å². The second-order valence-electron chi connectivity index (χ2n) is 8.49. The van der Waals surface area contributed by atoms with Crippen LogP contribution < -0.4 is 9.75 Å². The van der Waals surface area contributed by atoms with Crippen LogP contribution in [0.3, 0.4) is 0 Å². The average Bonchev–Trinajstić information content (AvgIpc) is 3.45. The number of benzene rings is 3. The van der Waals surface area contributed by atoms with Gasteiger partial charge in [-0.1, -0.05) is 49.1 Å². The van der Waals surface area contributed by atoms with Gasteiger partial charge in [-0.25, -0.2) is 4.68 Å². The van der Waals surface area contributed by atoms with Crippen LogP contribution in [0.25, 0.3) is 23.0 Å². The lowest BCUT2D eigenvalue weighted by Gasteiger charge is -2.11. The lowest BCUT2D eigenvalue weighted by Crippen LogP contribution is -2.21. The van der Waals surface area contributed by atoms with E-state index < -0.39 is 0 Å². The Morgan fingerprint density at radius 2 is 1.64 bits per heavy atom. The maximum absolute atomic E-state index is 13.3. The topological polar surface area (TPSA) is 59.7 Å². The minimum atomic E-state index is -0.165. The van der Waals surface area contributed by atoms with Crippen LogP contribution in [0, 0.1) is 6.92 Å². The van der Waals surface area contributed by atoms with E-state index in [1.807, 2.05) is 110 Å². The van der Waals surface area contributed by atoms with Crippen LogP contribution >= 0.6 is 0 Å². The van der Waals surface area contributed by atoms with Crippen LogP contribution in [0.5, 0.6) is 5.75 Å². The summed E-state index contributed by atoms with van der Waals surface area (Å²) < 4.78 is 7.54.